The van der Waals surface area contributed by atoms with Crippen LogP contribution >= 0.6 is 0 Å². The van der Waals surface area contributed by atoms with Crippen molar-refractivity contribution in [2.24, 2.45) is 5.41 Å². The average molecular weight is 229 g/mol. The molecule has 2 aliphatic rings. The van der Waals surface area contributed by atoms with Gasteiger partial charge < -0.3 is 9.64 Å². The SMILES string of the molecule is CC.CC1CC2(CCOC2)CN1C.CCC. The van der Waals surface area contributed by atoms with Crippen LogP contribution in [0.3, 0.4) is 0 Å². The average Bonchev–Trinajstić information content (AvgIpc) is 2.80. The van der Waals surface area contributed by atoms with E-state index in [1.54, 1.807) is 0 Å². The molecule has 0 aromatic carbocycles. The van der Waals surface area contributed by atoms with Crippen LogP contribution in [0.5, 0.6) is 0 Å². The van der Waals surface area contributed by atoms with Gasteiger partial charge in [0.05, 0.1) is 6.61 Å². The van der Waals surface area contributed by atoms with E-state index in [2.05, 4.69) is 32.7 Å². The van der Waals surface area contributed by atoms with Gasteiger partial charge in [-0.05, 0) is 26.8 Å². The highest BCUT2D eigenvalue weighted by molar-refractivity contribution is 4.95. The van der Waals surface area contributed by atoms with E-state index in [1.165, 1.54) is 25.8 Å². The second-order valence-electron chi connectivity index (χ2n) is 4.98. The molecule has 2 nitrogen and oxygen atoms in total. The zero-order valence-corrected chi connectivity index (χ0v) is 12.2. The van der Waals surface area contributed by atoms with Crippen molar-refractivity contribution >= 4 is 0 Å². The number of nitrogens with zero attached hydrogens (tertiary/aromatic N) is 1. The van der Waals surface area contributed by atoms with Crippen LogP contribution in [-0.4, -0.2) is 37.7 Å². The summed E-state index contributed by atoms with van der Waals surface area (Å²) in [4.78, 5) is 2.45. The predicted molar refractivity (Wildman–Crippen MR) is 71.9 cm³/mol. The fourth-order valence-electron chi connectivity index (χ4n) is 2.47. The molecular formula is C14H31NO. The molecule has 2 fully saturated rings. The second-order valence-corrected chi connectivity index (χ2v) is 4.98. The highest BCUT2D eigenvalue weighted by atomic mass is 16.5. The third-order valence-electron chi connectivity index (χ3n) is 3.25. The van der Waals surface area contributed by atoms with Gasteiger partial charge in [-0.25, -0.2) is 0 Å². The van der Waals surface area contributed by atoms with E-state index in [-0.39, 0.29) is 0 Å². The summed E-state index contributed by atoms with van der Waals surface area (Å²) in [5, 5.41) is 0. The molecule has 98 valence electrons. The van der Waals surface area contributed by atoms with Gasteiger partial charge in [0.2, 0.25) is 0 Å². The maximum absolute atomic E-state index is 5.45. The van der Waals surface area contributed by atoms with Crippen LogP contribution in [-0.2, 0) is 4.74 Å². The minimum Gasteiger partial charge on any atom is -0.381 e. The van der Waals surface area contributed by atoms with Crippen LogP contribution in [0.1, 0.15) is 53.9 Å². The van der Waals surface area contributed by atoms with Gasteiger partial charge in [-0.15, -0.1) is 0 Å². The molecule has 0 aromatic rings. The topological polar surface area (TPSA) is 12.5 Å². The maximum atomic E-state index is 5.45. The van der Waals surface area contributed by atoms with E-state index in [1.807, 2.05) is 13.8 Å². The Morgan fingerprint density at radius 1 is 1.31 bits per heavy atom. The lowest BCUT2D eigenvalue weighted by Gasteiger charge is -2.19. The van der Waals surface area contributed by atoms with Gasteiger partial charge >= 0.3 is 0 Å². The minimum atomic E-state index is 0.536. The summed E-state index contributed by atoms with van der Waals surface area (Å²) in [7, 11) is 2.22. The third kappa shape index (κ3) is 4.42. The Balaban J connectivity index is 0.000000394. The van der Waals surface area contributed by atoms with E-state index >= 15 is 0 Å². The van der Waals surface area contributed by atoms with Crippen LogP contribution < -0.4 is 0 Å². The lowest BCUT2D eigenvalue weighted by Crippen LogP contribution is -2.25. The molecule has 0 amide bonds. The molecule has 0 aromatic heterocycles. The molecule has 2 unspecified atom stereocenters. The van der Waals surface area contributed by atoms with Crippen LogP contribution in [0.4, 0.5) is 0 Å². The highest BCUT2D eigenvalue weighted by Gasteiger charge is 2.43. The van der Waals surface area contributed by atoms with Crippen LogP contribution in [0.25, 0.3) is 0 Å². The van der Waals surface area contributed by atoms with Gasteiger partial charge in [0, 0.05) is 24.6 Å². The number of hydrogen-bond acceptors (Lipinski definition) is 2. The quantitative estimate of drug-likeness (QED) is 0.630. The Morgan fingerprint density at radius 2 is 1.88 bits per heavy atom. The number of hydrogen-bond donors (Lipinski definition) is 0. The van der Waals surface area contributed by atoms with Crippen molar-refractivity contribution in [2.45, 2.75) is 59.9 Å². The Hall–Kier alpha value is -0.0800. The van der Waals surface area contributed by atoms with Crippen LogP contribution in [0.2, 0.25) is 0 Å². The minimum absolute atomic E-state index is 0.536. The smallest absolute Gasteiger partial charge is 0.0536 e. The Morgan fingerprint density at radius 3 is 2.19 bits per heavy atom. The molecule has 2 rings (SSSR count). The van der Waals surface area contributed by atoms with Crippen LogP contribution in [0, 0.1) is 5.41 Å². The summed E-state index contributed by atoms with van der Waals surface area (Å²) in [5.74, 6) is 0. The number of rotatable bonds is 0. The zero-order chi connectivity index (χ0) is 12.6. The summed E-state index contributed by atoms with van der Waals surface area (Å²) in [5.41, 5.74) is 0.536. The maximum Gasteiger partial charge on any atom is 0.0536 e. The largest absolute Gasteiger partial charge is 0.381 e. The summed E-state index contributed by atoms with van der Waals surface area (Å²) < 4.78 is 5.45. The van der Waals surface area contributed by atoms with Crippen molar-refractivity contribution in [3.63, 3.8) is 0 Å². The van der Waals surface area contributed by atoms with Gasteiger partial charge in [0.15, 0.2) is 0 Å². The van der Waals surface area contributed by atoms with Gasteiger partial charge in [-0.1, -0.05) is 34.1 Å². The molecule has 0 aliphatic carbocycles. The summed E-state index contributed by atoms with van der Waals surface area (Å²) >= 11 is 0. The number of ether oxygens (including phenoxy) is 1. The van der Waals surface area contributed by atoms with Crippen molar-refractivity contribution < 1.29 is 4.74 Å². The fraction of sp³-hybridized carbons (Fsp3) is 1.00. The van der Waals surface area contributed by atoms with Gasteiger partial charge in [0.1, 0.15) is 0 Å². The van der Waals surface area contributed by atoms with Crippen molar-refractivity contribution in [3.05, 3.63) is 0 Å². The van der Waals surface area contributed by atoms with Crippen molar-refractivity contribution in [3.8, 4) is 0 Å². The van der Waals surface area contributed by atoms with E-state index in [4.69, 9.17) is 4.74 Å². The molecule has 0 saturated carbocycles. The molecule has 1 spiro atoms. The molecule has 16 heavy (non-hydrogen) atoms. The molecule has 2 aliphatic heterocycles. The first-order valence-electron chi connectivity index (χ1n) is 6.91. The molecule has 2 saturated heterocycles. The molecule has 0 N–H and O–H groups in total. The summed E-state index contributed by atoms with van der Waals surface area (Å²) in [6.07, 6.45) is 3.87. The zero-order valence-electron chi connectivity index (χ0n) is 12.2. The molecular weight excluding hydrogens is 198 g/mol. The normalized spacial score (nSPS) is 33.0. The summed E-state index contributed by atoms with van der Waals surface area (Å²) in [6, 6.07) is 0.761. The van der Waals surface area contributed by atoms with Crippen LogP contribution in [0.15, 0.2) is 0 Å². The first-order chi connectivity index (χ1) is 7.63. The summed E-state index contributed by atoms with van der Waals surface area (Å²) in [6.45, 7) is 13.8. The van der Waals surface area contributed by atoms with E-state index in [0.29, 0.717) is 5.41 Å². The lowest BCUT2D eigenvalue weighted by molar-refractivity contribution is 0.154. The Bertz CT molecular complexity index is 152. The molecule has 0 radical (unpaired) electrons. The first-order valence-corrected chi connectivity index (χ1v) is 6.91. The van der Waals surface area contributed by atoms with Gasteiger partial charge in [0.25, 0.3) is 0 Å². The third-order valence-corrected chi connectivity index (χ3v) is 3.25. The molecule has 0 bridgehead atoms. The van der Waals surface area contributed by atoms with Crippen molar-refractivity contribution in [2.75, 3.05) is 26.8 Å². The van der Waals surface area contributed by atoms with Gasteiger partial charge in [-0.2, -0.15) is 0 Å². The molecule has 2 atom stereocenters. The highest BCUT2D eigenvalue weighted by Crippen LogP contribution is 2.40. The van der Waals surface area contributed by atoms with Crippen molar-refractivity contribution in [1.29, 1.82) is 0 Å². The Labute approximate surface area is 102 Å². The number of likely N-dealkylation sites (tertiary alicyclic amines) is 1. The predicted octanol–water partition coefficient (Wildman–Crippen LogP) is 3.56. The Kier molecular flexibility index (Phi) is 8.04. The molecule has 2 heteroatoms. The molecule has 2 heterocycles. The standard InChI is InChI=1S/C9H17NO.C3H8.C2H6/c1-8-5-9(6-10(8)2)3-4-11-7-9;1-3-2;1-2/h8H,3-7H2,1-2H3;3H2,1-2H3;1-2H3. The van der Waals surface area contributed by atoms with E-state index in [9.17, 15) is 0 Å². The van der Waals surface area contributed by atoms with Gasteiger partial charge in [-0.3, -0.25) is 0 Å². The second kappa shape index (κ2) is 8.08. The monoisotopic (exact) mass is 229 g/mol. The fourth-order valence-corrected chi connectivity index (χ4v) is 2.47. The van der Waals surface area contributed by atoms with E-state index < -0.39 is 0 Å². The van der Waals surface area contributed by atoms with E-state index in [0.717, 1.165) is 19.3 Å². The lowest BCUT2D eigenvalue weighted by atomic mass is 9.85. The van der Waals surface area contributed by atoms with Crippen molar-refractivity contribution in [1.82, 2.24) is 4.90 Å². The first kappa shape index (κ1) is 15.9.